The average molecular weight is 239 g/mol. The fourth-order valence-corrected chi connectivity index (χ4v) is 1.52. The molecule has 0 spiro atoms. The lowest BCUT2D eigenvalue weighted by atomic mass is 10.3. The Bertz CT molecular complexity index is 524. The molecule has 84 valence electrons. The first-order valence-corrected chi connectivity index (χ1v) is 5.12. The topological polar surface area (TPSA) is 52.8 Å². The van der Waals surface area contributed by atoms with E-state index in [2.05, 4.69) is 15.1 Å². The van der Waals surface area contributed by atoms with Crippen molar-refractivity contribution in [3.8, 4) is 11.6 Å². The van der Waals surface area contributed by atoms with Gasteiger partial charge in [0.15, 0.2) is 10.9 Å². The van der Waals surface area contributed by atoms with Gasteiger partial charge in [0.25, 0.3) is 5.88 Å². The van der Waals surface area contributed by atoms with E-state index in [-0.39, 0.29) is 5.15 Å². The average Bonchev–Trinajstić information content (AvgIpc) is 2.48. The van der Waals surface area contributed by atoms with Crippen LogP contribution in [0.3, 0.4) is 0 Å². The quantitative estimate of drug-likeness (QED) is 0.806. The van der Waals surface area contributed by atoms with Crippen molar-refractivity contribution in [1.82, 2.24) is 19.7 Å². The van der Waals surface area contributed by atoms with E-state index in [1.54, 1.807) is 4.68 Å². The maximum atomic E-state index is 5.86. The minimum Gasteiger partial charge on any atom is -0.432 e. The molecule has 2 rings (SSSR count). The number of hydrogen-bond donors (Lipinski definition) is 0. The Balaban J connectivity index is 2.38. The molecule has 2 heterocycles. The van der Waals surface area contributed by atoms with Gasteiger partial charge in [-0.3, -0.25) is 4.68 Å². The highest BCUT2D eigenvalue weighted by atomic mass is 35.5. The summed E-state index contributed by atoms with van der Waals surface area (Å²) in [6.07, 6.45) is 3.04. The van der Waals surface area contributed by atoms with Crippen LogP contribution in [0.1, 0.15) is 11.4 Å². The summed E-state index contributed by atoms with van der Waals surface area (Å²) < 4.78 is 7.35. The summed E-state index contributed by atoms with van der Waals surface area (Å²) in [5, 5.41) is 4.48. The summed E-state index contributed by atoms with van der Waals surface area (Å²) in [6, 6.07) is 0. The van der Waals surface area contributed by atoms with Gasteiger partial charge < -0.3 is 4.74 Å². The predicted molar refractivity (Wildman–Crippen MR) is 59.8 cm³/mol. The molecule has 0 atom stereocenters. The van der Waals surface area contributed by atoms with Gasteiger partial charge in [-0.15, -0.1) is 0 Å². The first-order chi connectivity index (χ1) is 7.59. The van der Waals surface area contributed by atoms with Crippen molar-refractivity contribution in [3.63, 3.8) is 0 Å². The summed E-state index contributed by atoms with van der Waals surface area (Å²) in [4.78, 5) is 7.90. The number of hydrogen-bond acceptors (Lipinski definition) is 4. The normalized spacial score (nSPS) is 10.5. The molecule has 0 fully saturated rings. The van der Waals surface area contributed by atoms with E-state index in [9.17, 15) is 0 Å². The molecule has 0 amide bonds. The predicted octanol–water partition coefficient (Wildman–Crippen LogP) is 2.27. The molecule has 0 radical (unpaired) electrons. The SMILES string of the molecule is Cc1nn(C)c(C)c1Oc1nccnc1Cl. The van der Waals surface area contributed by atoms with Crippen LogP contribution in [0.4, 0.5) is 0 Å². The molecule has 6 heteroatoms. The highest BCUT2D eigenvalue weighted by Gasteiger charge is 2.14. The highest BCUT2D eigenvalue weighted by Crippen LogP contribution is 2.29. The lowest BCUT2D eigenvalue weighted by molar-refractivity contribution is 0.453. The number of rotatable bonds is 2. The van der Waals surface area contributed by atoms with Crippen molar-refractivity contribution in [2.24, 2.45) is 7.05 Å². The van der Waals surface area contributed by atoms with Crippen molar-refractivity contribution < 1.29 is 4.74 Å². The smallest absolute Gasteiger partial charge is 0.257 e. The molecule has 16 heavy (non-hydrogen) atoms. The van der Waals surface area contributed by atoms with Crippen molar-refractivity contribution in [3.05, 3.63) is 28.9 Å². The maximum Gasteiger partial charge on any atom is 0.257 e. The van der Waals surface area contributed by atoms with Crippen LogP contribution < -0.4 is 4.74 Å². The van der Waals surface area contributed by atoms with Crippen molar-refractivity contribution >= 4 is 11.6 Å². The second-order valence-electron chi connectivity index (χ2n) is 3.38. The molecule has 2 aromatic heterocycles. The van der Waals surface area contributed by atoms with E-state index in [0.717, 1.165) is 11.4 Å². The first kappa shape index (κ1) is 10.9. The molecule has 0 unspecified atom stereocenters. The Kier molecular flexibility index (Phi) is 2.78. The van der Waals surface area contributed by atoms with Crippen LogP contribution in [0.2, 0.25) is 5.15 Å². The third-order valence-corrected chi connectivity index (χ3v) is 2.52. The zero-order valence-corrected chi connectivity index (χ0v) is 9.99. The zero-order chi connectivity index (χ0) is 11.7. The Hall–Kier alpha value is -1.62. The highest BCUT2D eigenvalue weighted by molar-refractivity contribution is 6.30. The number of aromatic nitrogens is 4. The van der Waals surface area contributed by atoms with Crippen molar-refractivity contribution in [2.45, 2.75) is 13.8 Å². The fraction of sp³-hybridized carbons (Fsp3) is 0.300. The third-order valence-electron chi connectivity index (χ3n) is 2.26. The fourth-order valence-electron chi connectivity index (χ4n) is 1.38. The van der Waals surface area contributed by atoms with Crippen LogP contribution in [0, 0.1) is 13.8 Å². The standard InChI is InChI=1S/C10H11ClN4O/c1-6-8(7(2)15(3)14-6)16-10-9(11)12-4-5-13-10/h4-5H,1-3H3. The Labute approximate surface area is 98.0 Å². The molecule has 0 aromatic carbocycles. The molecule has 5 nitrogen and oxygen atoms in total. The first-order valence-electron chi connectivity index (χ1n) is 4.74. The van der Waals surface area contributed by atoms with E-state index >= 15 is 0 Å². The van der Waals surface area contributed by atoms with Gasteiger partial charge in [0.1, 0.15) is 5.69 Å². The number of halogens is 1. The molecule has 2 aromatic rings. The van der Waals surface area contributed by atoms with Gasteiger partial charge in [-0.25, -0.2) is 9.97 Å². The summed E-state index contributed by atoms with van der Waals surface area (Å²) >= 11 is 5.86. The van der Waals surface area contributed by atoms with Gasteiger partial charge in [0, 0.05) is 19.4 Å². The number of nitrogens with zero attached hydrogens (tertiary/aromatic N) is 4. The van der Waals surface area contributed by atoms with Gasteiger partial charge in [0.05, 0.1) is 5.69 Å². The Morgan fingerprint density at radius 2 is 1.94 bits per heavy atom. The third kappa shape index (κ3) is 1.86. The molecule has 0 aliphatic rings. The Morgan fingerprint density at radius 1 is 1.25 bits per heavy atom. The van der Waals surface area contributed by atoms with Crippen LogP contribution in [0.5, 0.6) is 11.6 Å². The monoisotopic (exact) mass is 238 g/mol. The maximum absolute atomic E-state index is 5.86. The van der Waals surface area contributed by atoms with Crippen molar-refractivity contribution in [2.75, 3.05) is 0 Å². The number of ether oxygens (including phenoxy) is 1. The van der Waals surface area contributed by atoms with Crippen LogP contribution >= 0.6 is 11.6 Å². The van der Waals surface area contributed by atoms with Crippen LogP contribution in [0.25, 0.3) is 0 Å². The van der Waals surface area contributed by atoms with Gasteiger partial charge >= 0.3 is 0 Å². The van der Waals surface area contributed by atoms with E-state index in [4.69, 9.17) is 16.3 Å². The van der Waals surface area contributed by atoms with E-state index in [1.807, 2.05) is 20.9 Å². The Morgan fingerprint density at radius 3 is 2.50 bits per heavy atom. The molecule has 0 N–H and O–H groups in total. The molecule has 0 aliphatic heterocycles. The molecule has 0 saturated heterocycles. The van der Waals surface area contributed by atoms with E-state index in [1.165, 1.54) is 12.4 Å². The second kappa shape index (κ2) is 4.09. The summed E-state index contributed by atoms with van der Waals surface area (Å²) in [6.45, 7) is 3.78. The van der Waals surface area contributed by atoms with Crippen molar-refractivity contribution in [1.29, 1.82) is 0 Å². The molecular formula is C10H11ClN4O. The van der Waals surface area contributed by atoms with E-state index in [0.29, 0.717) is 11.6 Å². The zero-order valence-electron chi connectivity index (χ0n) is 9.23. The molecule has 0 aliphatic carbocycles. The minimum absolute atomic E-state index is 0.241. The molecule has 0 saturated carbocycles. The van der Waals surface area contributed by atoms with Gasteiger partial charge in [-0.05, 0) is 13.8 Å². The molecular weight excluding hydrogens is 228 g/mol. The largest absolute Gasteiger partial charge is 0.432 e. The lowest BCUT2D eigenvalue weighted by Crippen LogP contribution is -1.94. The van der Waals surface area contributed by atoms with Gasteiger partial charge in [-0.2, -0.15) is 5.10 Å². The van der Waals surface area contributed by atoms with Gasteiger partial charge in [0.2, 0.25) is 0 Å². The summed E-state index contributed by atoms with van der Waals surface area (Å²) in [5.74, 6) is 0.966. The molecule has 0 bridgehead atoms. The van der Waals surface area contributed by atoms with Gasteiger partial charge in [-0.1, -0.05) is 11.6 Å². The van der Waals surface area contributed by atoms with Crippen LogP contribution in [-0.4, -0.2) is 19.7 Å². The summed E-state index contributed by atoms with van der Waals surface area (Å²) in [7, 11) is 1.85. The number of aryl methyl sites for hydroxylation is 2. The lowest BCUT2D eigenvalue weighted by Gasteiger charge is -2.05. The van der Waals surface area contributed by atoms with E-state index < -0.39 is 0 Å². The van der Waals surface area contributed by atoms with Crippen LogP contribution in [0.15, 0.2) is 12.4 Å². The second-order valence-corrected chi connectivity index (χ2v) is 3.74. The minimum atomic E-state index is 0.241. The van der Waals surface area contributed by atoms with Crippen LogP contribution in [-0.2, 0) is 7.05 Å². The summed E-state index contributed by atoms with van der Waals surface area (Å²) in [5.41, 5.74) is 1.71.